The predicted octanol–water partition coefficient (Wildman–Crippen LogP) is 2.50. The zero-order valence-corrected chi connectivity index (χ0v) is 12.0. The van der Waals surface area contributed by atoms with Gasteiger partial charge in [-0.1, -0.05) is 11.3 Å². The molecule has 2 aromatic rings. The van der Waals surface area contributed by atoms with Crippen molar-refractivity contribution in [3.8, 4) is 0 Å². The van der Waals surface area contributed by atoms with Crippen LogP contribution in [-0.2, 0) is 9.53 Å². The lowest BCUT2D eigenvalue weighted by molar-refractivity contribution is -0.129. The van der Waals surface area contributed by atoms with E-state index in [9.17, 15) is 9.59 Å². The number of ether oxygens (including phenoxy) is 1. The Bertz CT molecular complexity index is 691. The number of anilines is 1. The van der Waals surface area contributed by atoms with E-state index < -0.39 is 12.1 Å². The zero-order chi connectivity index (χ0) is 14.8. The third-order valence-corrected chi connectivity index (χ3v) is 4.27. The van der Waals surface area contributed by atoms with E-state index in [1.54, 1.807) is 12.1 Å². The average Bonchev–Trinajstić information content (AvgIpc) is 2.89. The van der Waals surface area contributed by atoms with Gasteiger partial charge in [0.2, 0.25) is 0 Å². The Hall–Kier alpha value is -1.99. The summed E-state index contributed by atoms with van der Waals surface area (Å²) in [6.07, 6.45) is 2.28. The molecule has 0 aliphatic carbocycles. The summed E-state index contributed by atoms with van der Waals surface area (Å²) in [6, 6.07) is 4.70. The molecule has 1 unspecified atom stereocenters. The van der Waals surface area contributed by atoms with Crippen molar-refractivity contribution < 1.29 is 19.4 Å². The minimum absolute atomic E-state index is 0.188. The van der Waals surface area contributed by atoms with Gasteiger partial charge in [-0.2, -0.15) is 0 Å². The van der Waals surface area contributed by atoms with Crippen molar-refractivity contribution in [3.63, 3.8) is 0 Å². The molecule has 2 heterocycles. The van der Waals surface area contributed by atoms with Gasteiger partial charge in [0.1, 0.15) is 6.10 Å². The topological polar surface area (TPSA) is 88.5 Å². The fraction of sp³-hybridized carbons (Fsp3) is 0.357. The van der Waals surface area contributed by atoms with Gasteiger partial charge in [0.15, 0.2) is 5.13 Å². The molecule has 7 heteroatoms. The molecule has 21 heavy (non-hydrogen) atoms. The number of carbonyl (C=O) groups excluding carboxylic acids is 1. The number of carboxylic acids is 1. The molecule has 1 aliphatic heterocycles. The van der Waals surface area contributed by atoms with Gasteiger partial charge >= 0.3 is 5.97 Å². The monoisotopic (exact) mass is 306 g/mol. The summed E-state index contributed by atoms with van der Waals surface area (Å²) in [5, 5.41) is 12.2. The van der Waals surface area contributed by atoms with E-state index in [2.05, 4.69) is 10.3 Å². The molecular formula is C14H14N2O4S. The highest BCUT2D eigenvalue weighted by atomic mass is 32.1. The lowest BCUT2D eigenvalue weighted by atomic mass is 10.1. The van der Waals surface area contributed by atoms with Crippen LogP contribution >= 0.6 is 11.3 Å². The van der Waals surface area contributed by atoms with Crippen molar-refractivity contribution >= 4 is 38.6 Å². The van der Waals surface area contributed by atoms with E-state index in [0.29, 0.717) is 17.3 Å². The Labute approximate surface area is 124 Å². The summed E-state index contributed by atoms with van der Waals surface area (Å²) in [4.78, 5) is 27.3. The van der Waals surface area contributed by atoms with E-state index in [4.69, 9.17) is 9.84 Å². The molecule has 1 aliphatic rings. The maximum absolute atomic E-state index is 12.1. The molecule has 1 aromatic carbocycles. The van der Waals surface area contributed by atoms with Gasteiger partial charge in [-0.25, -0.2) is 9.78 Å². The minimum Gasteiger partial charge on any atom is -0.478 e. The van der Waals surface area contributed by atoms with Gasteiger partial charge in [0.25, 0.3) is 5.91 Å². The molecule has 3 rings (SSSR count). The Morgan fingerprint density at radius 2 is 2.24 bits per heavy atom. The fourth-order valence-corrected chi connectivity index (χ4v) is 3.15. The quantitative estimate of drug-likeness (QED) is 0.909. The Kier molecular flexibility index (Phi) is 3.85. The van der Waals surface area contributed by atoms with Crippen molar-refractivity contribution in [2.75, 3.05) is 11.9 Å². The van der Waals surface area contributed by atoms with Gasteiger partial charge in [-0.3, -0.25) is 10.1 Å². The van der Waals surface area contributed by atoms with Crippen molar-refractivity contribution in [1.29, 1.82) is 0 Å². The molecule has 2 N–H and O–H groups in total. The van der Waals surface area contributed by atoms with Crippen molar-refractivity contribution in [3.05, 3.63) is 23.8 Å². The molecule has 0 radical (unpaired) electrons. The first-order valence-corrected chi connectivity index (χ1v) is 7.51. The number of nitrogens with zero attached hydrogens (tertiary/aromatic N) is 1. The van der Waals surface area contributed by atoms with Gasteiger partial charge < -0.3 is 9.84 Å². The van der Waals surface area contributed by atoms with Crippen molar-refractivity contribution in [2.24, 2.45) is 0 Å². The first-order chi connectivity index (χ1) is 10.1. The summed E-state index contributed by atoms with van der Waals surface area (Å²) in [6.45, 7) is 0.611. The molecule has 0 saturated carbocycles. The number of fused-ring (bicyclic) bond motifs is 1. The number of carbonyl (C=O) groups is 2. The van der Waals surface area contributed by atoms with Crippen LogP contribution in [0.25, 0.3) is 10.2 Å². The third-order valence-electron chi connectivity index (χ3n) is 3.34. The normalized spacial score (nSPS) is 18.6. The molecule has 6 nitrogen and oxygen atoms in total. The number of carboxylic acid groups (broad SMARTS) is 1. The maximum atomic E-state index is 12.1. The highest BCUT2D eigenvalue weighted by Gasteiger charge is 2.22. The third kappa shape index (κ3) is 3.03. The van der Waals surface area contributed by atoms with E-state index >= 15 is 0 Å². The molecule has 1 saturated heterocycles. The molecule has 1 fully saturated rings. The number of nitrogens with one attached hydrogen (secondary N) is 1. The number of aromatic nitrogens is 1. The first kappa shape index (κ1) is 14.0. The van der Waals surface area contributed by atoms with E-state index in [1.807, 2.05) is 0 Å². The summed E-state index contributed by atoms with van der Waals surface area (Å²) in [5.41, 5.74) is 0.879. The van der Waals surface area contributed by atoms with Gasteiger partial charge in [-0.15, -0.1) is 0 Å². The molecule has 1 aromatic heterocycles. The van der Waals surface area contributed by atoms with Crippen LogP contribution in [0.1, 0.15) is 29.6 Å². The highest BCUT2D eigenvalue weighted by Crippen LogP contribution is 2.27. The molecule has 1 amide bonds. The van der Waals surface area contributed by atoms with Crippen molar-refractivity contribution in [2.45, 2.75) is 25.4 Å². The van der Waals surface area contributed by atoms with Crippen LogP contribution in [0.15, 0.2) is 18.2 Å². The van der Waals surface area contributed by atoms with E-state index in [1.165, 1.54) is 17.4 Å². The van der Waals surface area contributed by atoms with Crippen LogP contribution in [0.3, 0.4) is 0 Å². The van der Waals surface area contributed by atoms with Gasteiger partial charge in [0, 0.05) is 6.61 Å². The highest BCUT2D eigenvalue weighted by molar-refractivity contribution is 7.22. The van der Waals surface area contributed by atoms with Crippen LogP contribution < -0.4 is 5.32 Å². The summed E-state index contributed by atoms with van der Waals surface area (Å²) >= 11 is 1.26. The second kappa shape index (κ2) is 5.79. The van der Waals surface area contributed by atoms with Crippen LogP contribution in [0.5, 0.6) is 0 Å². The molecule has 0 spiro atoms. The number of hydrogen-bond acceptors (Lipinski definition) is 5. The summed E-state index contributed by atoms with van der Waals surface area (Å²) < 4.78 is 6.15. The van der Waals surface area contributed by atoms with Crippen LogP contribution in [0.4, 0.5) is 5.13 Å². The molecular weight excluding hydrogens is 292 g/mol. The Morgan fingerprint density at radius 3 is 2.95 bits per heavy atom. The molecule has 1 atom stereocenters. The Morgan fingerprint density at radius 1 is 1.38 bits per heavy atom. The smallest absolute Gasteiger partial charge is 0.335 e. The molecule has 0 bridgehead atoms. The number of hydrogen-bond donors (Lipinski definition) is 2. The average molecular weight is 306 g/mol. The fourth-order valence-electron chi connectivity index (χ4n) is 2.24. The van der Waals surface area contributed by atoms with E-state index in [0.717, 1.165) is 24.0 Å². The number of benzene rings is 1. The van der Waals surface area contributed by atoms with Crippen molar-refractivity contribution in [1.82, 2.24) is 4.98 Å². The van der Waals surface area contributed by atoms with Crippen LogP contribution in [-0.4, -0.2) is 34.7 Å². The van der Waals surface area contributed by atoms with Gasteiger partial charge in [-0.05, 0) is 37.5 Å². The summed E-state index contributed by atoms with van der Waals surface area (Å²) in [5.74, 6) is -1.17. The standard InChI is InChI=1S/C14H14N2O4S/c17-12(10-3-1-2-6-20-10)16-14-15-9-5-4-8(13(18)19)7-11(9)21-14/h4-5,7,10H,1-3,6H2,(H,18,19)(H,15,16,17). The van der Waals surface area contributed by atoms with E-state index in [-0.39, 0.29) is 11.5 Å². The Balaban J connectivity index is 1.77. The lowest BCUT2D eigenvalue weighted by Gasteiger charge is -2.20. The molecule has 110 valence electrons. The number of aromatic carboxylic acids is 1. The second-order valence-electron chi connectivity index (χ2n) is 4.85. The number of amides is 1. The second-order valence-corrected chi connectivity index (χ2v) is 5.88. The van der Waals surface area contributed by atoms with Crippen LogP contribution in [0.2, 0.25) is 0 Å². The van der Waals surface area contributed by atoms with Gasteiger partial charge in [0.05, 0.1) is 15.8 Å². The SMILES string of the molecule is O=C(O)c1ccc2nc(NC(=O)C3CCCCO3)sc2c1. The maximum Gasteiger partial charge on any atom is 0.335 e. The van der Waals surface area contributed by atoms with Crippen LogP contribution in [0, 0.1) is 0 Å². The number of thiazole rings is 1. The zero-order valence-electron chi connectivity index (χ0n) is 11.2. The summed E-state index contributed by atoms with van der Waals surface area (Å²) in [7, 11) is 0. The number of rotatable bonds is 3. The largest absolute Gasteiger partial charge is 0.478 e. The lowest BCUT2D eigenvalue weighted by Crippen LogP contribution is -2.33. The minimum atomic E-state index is -0.980. The first-order valence-electron chi connectivity index (χ1n) is 6.70. The predicted molar refractivity (Wildman–Crippen MR) is 78.8 cm³/mol.